The number of carbonyl (C=O) groups is 1. The zero-order chi connectivity index (χ0) is 20.9. The van der Waals surface area contributed by atoms with Crippen LogP contribution in [0.4, 0.5) is 18.3 Å². The molecule has 1 N–H and O–H groups in total. The van der Waals surface area contributed by atoms with Gasteiger partial charge in [-0.25, -0.2) is 14.5 Å². The molecule has 0 aliphatic carbocycles. The van der Waals surface area contributed by atoms with Gasteiger partial charge in [-0.1, -0.05) is 23.5 Å². The molecule has 0 saturated heterocycles. The number of fused-ring (bicyclic) bond motifs is 2. The van der Waals surface area contributed by atoms with Gasteiger partial charge in [-0.05, 0) is 30.3 Å². The largest absolute Gasteiger partial charge is 0.463 e. The third kappa shape index (κ3) is 3.08. The highest BCUT2D eigenvalue weighted by Crippen LogP contribution is 2.33. The van der Waals surface area contributed by atoms with E-state index in [1.54, 1.807) is 6.07 Å². The van der Waals surface area contributed by atoms with E-state index >= 15 is 0 Å². The zero-order valence-corrected chi connectivity index (χ0v) is 15.7. The second-order valence-electron chi connectivity index (χ2n) is 6.24. The zero-order valence-electron chi connectivity index (χ0n) is 14.8. The molecule has 1 amide bonds. The summed E-state index contributed by atoms with van der Waals surface area (Å²) in [6.07, 6.45) is -2.34. The van der Waals surface area contributed by atoms with Gasteiger partial charge in [0.2, 0.25) is 0 Å². The van der Waals surface area contributed by atoms with Gasteiger partial charge in [0.1, 0.15) is 11.3 Å². The highest BCUT2D eigenvalue weighted by molar-refractivity contribution is 7.22. The van der Waals surface area contributed by atoms with Gasteiger partial charge in [-0.15, -0.1) is 0 Å². The van der Waals surface area contributed by atoms with Crippen LogP contribution in [0, 0.1) is 0 Å². The van der Waals surface area contributed by atoms with Crippen molar-refractivity contribution in [3.63, 3.8) is 0 Å². The van der Waals surface area contributed by atoms with E-state index in [0.717, 1.165) is 17.0 Å². The molecular weight excluding hydrogens is 419 g/mol. The molecule has 5 aromatic rings. The van der Waals surface area contributed by atoms with Gasteiger partial charge < -0.3 is 4.42 Å². The number of thiazole rings is 1. The Kier molecular flexibility index (Phi) is 4.07. The topological polar surface area (TPSA) is 85.3 Å². The van der Waals surface area contributed by atoms with Crippen LogP contribution in [0.15, 0.2) is 59.3 Å². The Hall–Kier alpha value is -3.73. The van der Waals surface area contributed by atoms with Crippen molar-refractivity contribution in [2.45, 2.75) is 6.18 Å². The number of rotatable bonds is 3. The molecule has 0 aliphatic heterocycles. The standard InChI is InChI=1S/C19H10F3N5O2S/c20-19(21,22)15-8-12(13-5-3-7-29-13)24-16-10(9-23-27(15)16)17(28)26-18-25-11-4-1-2-6-14(11)30-18/h1-9H,(H,25,26,28). The molecule has 11 heteroatoms. The normalized spacial score (nSPS) is 12.0. The second-order valence-corrected chi connectivity index (χ2v) is 7.27. The van der Waals surface area contributed by atoms with Crippen molar-refractivity contribution in [1.82, 2.24) is 19.6 Å². The van der Waals surface area contributed by atoms with E-state index in [-0.39, 0.29) is 22.7 Å². The van der Waals surface area contributed by atoms with Crippen molar-refractivity contribution in [1.29, 1.82) is 0 Å². The Morgan fingerprint density at radius 1 is 1.13 bits per heavy atom. The van der Waals surface area contributed by atoms with Crippen LogP contribution in [-0.2, 0) is 6.18 Å². The minimum absolute atomic E-state index is 0.0608. The number of carbonyl (C=O) groups excluding carboxylic acids is 1. The molecule has 0 spiro atoms. The van der Waals surface area contributed by atoms with Crippen LogP contribution in [0.25, 0.3) is 27.3 Å². The summed E-state index contributed by atoms with van der Waals surface area (Å²) in [5, 5.41) is 6.67. The van der Waals surface area contributed by atoms with E-state index < -0.39 is 17.8 Å². The lowest BCUT2D eigenvalue weighted by Crippen LogP contribution is -2.15. The number of hydrogen-bond donors (Lipinski definition) is 1. The molecule has 1 aromatic carbocycles. The average molecular weight is 429 g/mol. The number of nitrogens with one attached hydrogen (secondary N) is 1. The molecular formula is C19H10F3N5O2S. The minimum atomic E-state index is -4.71. The summed E-state index contributed by atoms with van der Waals surface area (Å²) in [7, 11) is 0. The summed E-state index contributed by atoms with van der Waals surface area (Å²) < 4.78 is 47.4. The van der Waals surface area contributed by atoms with E-state index in [1.807, 2.05) is 18.2 Å². The maximum absolute atomic E-state index is 13.6. The van der Waals surface area contributed by atoms with E-state index in [4.69, 9.17) is 4.42 Å². The fraction of sp³-hybridized carbons (Fsp3) is 0.0526. The first-order valence-electron chi connectivity index (χ1n) is 8.57. The predicted octanol–water partition coefficient (Wildman–Crippen LogP) is 4.87. The van der Waals surface area contributed by atoms with E-state index in [1.165, 1.54) is 29.7 Å². The van der Waals surface area contributed by atoms with Crippen LogP contribution in [0.3, 0.4) is 0 Å². The molecule has 7 nitrogen and oxygen atoms in total. The van der Waals surface area contributed by atoms with Gasteiger partial charge in [-0.2, -0.15) is 18.3 Å². The number of furan rings is 1. The van der Waals surface area contributed by atoms with Crippen molar-refractivity contribution in [2.24, 2.45) is 0 Å². The van der Waals surface area contributed by atoms with Gasteiger partial charge in [0.25, 0.3) is 5.91 Å². The number of amides is 1. The van der Waals surface area contributed by atoms with E-state index in [0.29, 0.717) is 15.2 Å². The monoisotopic (exact) mass is 429 g/mol. The maximum Gasteiger partial charge on any atom is 0.433 e. The second kappa shape index (κ2) is 6.66. The Morgan fingerprint density at radius 3 is 2.70 bits per heavy atom. The summed E-state index contributed by atoms with van der Waals surface area (Å²) in [5.41, 5.74) is -0.787. The van der Waals surface area contributed by atoms with Crippen molar-refractivity contribution in [2.75, 3.05) is 5.32 Å². The molecule has 0 atom stereocenters. The first-order valence-corrected chi connectivity index (χ1v) is 9.38. The van der Waals surface area contributed by atoms with Gasteiger partial charge >= 0.3 is 6.18 Å². The molecule has 4 aromatic heterocycles. The summed E-state index contributed by atoms with van der Waals surface area (Å²) in [4.78, 5) is 21.3. The van der Waals surface area contributed by atoms with Crippen molar-refractivity contribution >= 4 is 38.2 Å². The van der Waals surface area contributed by atoms with Crippen LogP contribution >= 0.6 is 11.3 Å². The van der Waals surface area contributed by atoms with Crippen molar-refractivity contribution in [3.05, 3.63) is 66.2 Å². The molecule has 5 rings (SSSR count). The third-order valence-corrected chi connectivity index (χ3v) is 5.25. The van der Waals surface area contributed by atoms with Crippen molar-refractivity contribution < 1.29 is 22.4 Å². The molecule has 0 bridgehead atoms. The first kappa shape index (κ1) is 18.3. The Labute approximate surface area is 169 Å². The van der Waals surface area contributed by atoms with Crippen LogP contribution in [0.5, 0.6) is 0 Å². The van der Waals surface area contributed by atoms with Gasteiger partial charge in [0.15, 0.2) is 22.2 Å². The summed E-state index contributed by atoms with van der Waals surface area (Å²) in [6.45, 7) is 0. The fourth-order valence-corrected chi connectivity index (χ4v) is 3.83. The van der Waals surface area contributed by atoms with E-state index in [2.05, 4.69) is 20.4 Å². The first-order chi connectivity index (χ1) is 14.4. The van der Waals surface area contributed by atoms with E-state index in [9.17, 15) is 18.0 Å². The highest BCUT2D eigenvalue weighted by atomic mass is 32.1. The quantitative estimate of drug-likeness (QED) is 0.442. The maximum atomic E-state index is 13.6. The molecule has 30 heavy (non-hydrogen) atoms. The van der Waals surface area contributed by atoms with Gasteiger partial charge in [-0.3, -0.25) is 10.1 Å². The number of hydrogen-bond acceptors (Lipinski definition) is 6. The summed E-state index contributed by atoms with van der Waals surface area (Å²) >= 11 is 1.25. The number of benzene rings is 1. The molecule has 0 aliphatic rings. The van der Waals surface area contributed by atoms with Crippen LogP contribution < -0.4 is 5.32 Å². The molecule has 0 fully saturated rings. The molecule has 0 radical (unpaired) electrons. The smallest absolute Gasteiger partial charge is 0.433 e. The lowest BCUT2D eigenvalue weighted by Gasteiger charge is -2.10. The average Bonchev–Trinajstić information content (AvgIpc) is 3.44. The minimum Gasteiger partial charge on any atom is -0.463 e. The van der Waals surface area contributed by atoms with Gasteiger partial charge in [0.05, 0.1) is 22.7 Å². The van der Waals surface area contributed by atoms with Crippen LogP contribution in [-0.4, -0.2) is 25.5 Å². The Balaban J connectivity index is 1.60. The molecule has 4 heterocycles. The Morgan fingerprint density at radius 2 is 1.97 bits per heavy atom. The molecule has 0 unspecified atom stereocenters. The number of nitrogens with zero attached hydrogens (tertiary/aromatic N) is 4. The predicted molar refractivity (Wildman–Crippen MR) is 103 cm³/mol. The third-order valence-electron chi connectivity index (χ3n) is 4.29. The summed E-state index contributed by atoms with van der Waals surface area (Å²) in [5.74, 6) is -0.525. The fourth-order valence-electron chi connectivity index (χ4n) is 2.97. The number of anilines is 1. The van der Waals surface area contributed by atoms with Crippen molar-refractivity contribution in [3.8, 4) is 11.5 Å². The molecule has 0 saturated carbocycles. The highest BCUT2D eigenvalue weighted by Gasteiger charge is 2.36. The SMILES string of the molecule is O=C(Nc1nc2ccccc2s1)c1cnn2c(C(F)(F)F)cc(-c3ccco3)nc12. The lowest BCUT2D eigenvalue weighted by molar-refractivity contribution is -0.142. The number of para-hydroxylation sites is 1. The number of halogens is 3. The number of alkyl halides is 3. The lowest BCUT2D eigenvalue weighted by atomic mass is 10.2. The number of aromatic nitrogens is 4. The van der Waals surface area contributed by atoms with Gasteiger partial charge in [0, 0.05) is 0 Å². The Bertz CT molecular complexity index is 1360. The summed E-state index contributed by atoms with van der Waals surface area (Å²) in [6, 6.07) is 11.2. The van der Waals surface area contributed by atoms with Crippen LogP contribution in [0.1, 0.15) is 16.1 Å². The molecule has 150 valence electrons. The van der Waals surface area contributed by atoms with Crippen LogP contribution in [0.2, 0.25) is 0 Å².